The van der Waals surface area contributed by atoms with E-state index in [0.717, 1.165) is 5.56 Å². The largest absolute Gasteiger partial charge is 0.461 e. The van der Waals surface area contributed by atoms with Crippen molar-refractivity contribution in [1.29, 1.82) is 0 Å². The number of esters is 2. The van der Waals surface area contributed by atoms with Crippen LogP contribution in [0.1, 0.15) is 121 Å². The number of amides is 1. The molecule has 0 bridgehead atoms. The van der Waals surface area contributed by atoms with Crippen LogP contribution >= 0.6 is 0 Å². The number of alkyl carbamates (subject to hydrolysis) is 1. The molecule has 0 saturated carbocycles. The lowest BCUT2D eigenvalue weighted by atomic mass is 9.74. The van der Waals surface area contributed by atoms with Crippen molar-refractivity contribution < 1.29 is 86.3 Å². The zero-order valence-corrected chi connectivity index (χ0v) is 49.9. The SMILES string of the molecule is CO/N=C1\C[C@@H](C)O[C@@H](O[C@@H]2[C@@H](C)[C@H](O[C@H]3C[C@@H](C)N(C)C[C@H](C)O3)[C@@H](C)C(=O)O[C@H](C(C)CO[C@@H]3O[C@H](C)[C@@H](O)[C@@H](OC)[C@H]3OC)[C@H](C)[C@@H](OC(=O)CC(C)C)[C@@H](C)C(=O)[C@@](C)(OC(=O)NCc3ccccc3)C[C@@H]2C)[C@@H]1O. The number of nitrogens with zero attached hydrogens (tertiary/aromatic N) is 2. The second-order valence-corrected chi connectivity index (χ2v) is 23.5. The van der Waals surface area contributed by atoms with Crippen molar-refractivity contribution in [2.45, 2.75) is 220 Å². The van der Waals surface area contributed by atoms with E-state index in [0.29, 0.717) is 13.0 Å². The lowest BCUT2D eigenvalue weighted by Gasteiger charge is -2.45. The quantitative estimate of drug-likeness (QED) is 0.0892. The maximum atomic E-state index is 15.8. The molecule has 4 saturated heterocycles. The monoisotopic (exact) mass is 1120 g/mol. The lowest BCUT2D eigenvalue weighted by Crippen LogP contribution is -2.59. The molecule has 1 amide bonds. The van der Waals surface area contributed by atoms with Crippen molar-refractivity contribution in [2.24, 2.45) is 46.6 Å². The van der Waals surface area contributed by atoms with E-state index in [1.54, 1.807) is 34.6 Å². The molecule has 4 fully saturated rings. The van der Waals surface area contributed by atoms with Crippen LogP contribution in [0.25, 0.3) is 0 Å². The highest BCUT2D eigenvalue weighted by molar-refractivity contribution is 5.91. The first-order chi connectivity index (χ1) is 37.2. The smallest absolute Gasteiger partial charge is 0.408 e. The van der Waals surface area contributed by atoms with Crippen LogP contribution in [0, 0.1) is 41.4 Å². The molecule has 4 aliphatic heterocycles. The summed E-state index contributed by atoms with van der Waals surface area (Å²) in [6.45, 7) is 24.0. The predicted molar refractivity (Wildman–Crippen MR) is 290 cm³/mol. The van der Waals surface area contributed by atoms with Gasteiger partial charge in [-0.05, 0) is 72.4 Å². The van der Waals surface area contributed by atoms with E-state index >= 15 is 9.59 Å². The van der Waals surface area contributed by atoms with Gasteiger partial charge in [0.2, 0.25) is 0 Å². The summed E-state index contributed by atoms with van der Waals surface area (Å²) in [5.74, 6) is -7.37. The van der Waals surface area contributed by atoms with Crippen molar-refractivity contribution in [2.75, 3.05) is 41.5 Å². The number of nitrogens with one attached hydrogen (secondary N) is 1. The molecule has 21 heteroatoms. The van der Waals surface area contributed by atoms with Crippen molar-refractivity contribution in [3.63, 3.8) is 0 Å². The molecule has 0 aliphatic carbocycles. The molecule has 4 aliphatic rings. The summed E-state index contributed by atoms with van der Waals surface area (Å²) >= 11 is 0. The summed E-state index contributed by atoms with van der Waals surface area (Å²) in [5, 5.41) is 29.7. The molecule has 0 spiro atoms. The number of carbonyl (C=O) groups excluding carboxylic acids is 4. The van der Waals surface area contributed by atoms with Crippen LogP contribution in [0.2, 0.25) is 0 Å². The fourth-order valence-corrected chi connectivity index (χ4v) is 11.8. The number of aliphatic hydroxyl groups is 2. The third-order valence-electron chi connectivity index (χ3n) is 16.2. The van der Waals surface area contributed by atoms with E-state index in [9.17, 15) is 19.8 Å². The summed E-state index contributed by atoms with van der Waals surface area (Å²) in [6.07, 6.45) is -13.5. The number of ketones is 1. The van der Waals surface area contributed by atoms with E-state index in [4.69, 9.17) is 56.9 Å². The number of oxime groups is 1. The van der Waals surface area contributed by atoms with E-state index in [1.165, 1.54) is 28.3 Å². The minimum Gasteiger partial charge on any atom is -0.461 e. The maximum absolute atomic E-state index is 15.8. The van der Waals surface area contributed by atoms with Gasteiger partial charge in [0.15, 0.2) is 30.3 Å². The Hall–Kier alpha value is -3.87. The third kappa shape index (κ3) is 17.3. The number of carbonyl (C=O) groups is 4. The minimum atomic E-state index is -1.95. The molecule has 21 nitrogen and oxygen atoms in total. The lowest BCUT2D eigenvalue weighted by molar-refractivity contribution is -0.305. The summed E-state index contributed by atoms with van der Waals surface area (Å²) in [4.78, 5) is 66.7. The van der Waals surface area contributed by atoms with E-state index < -0.39 is 145 Å². The molecule has 4 heterocycles. The van der Waals surface area contributed by atoms with Crippen LogP contribution in [0.3, 0.4) is 0 Å². The van der Waals surface area contributed by atoms with E-state index in [-0.39, 0.29) is 56.2 Å². The molecular weight excluding hydrogens is 1030 g/mol. The van der Waals surface area contributed by atoms with Crippen molar-refractivity contribution >= 4 is 29.5 Å². The van der Waals surface area contributed by atoms with Gasteiger partial charge in [-0.1, -0.05) is 84.0 Å². The van der Waals surface area contributed by atoms with Gasteiger partial charge in [-0.25, -0.2) is 4.79 Å². The number of Topliss-reactive ketones (excluding diaryl/α,β-unsaturated/α-hetero) is 1. The first-order valence-electron chi connectivity index (χ1n) is 28.3. The average Bonchev–Trinajstić information content (AvgIpc) is 3.55. The number of methoxy groups -OCH3 is 2. The van der Waals surface area contributed by atoms with Crippen LogP contribution in [0.15, 0.2) is 35.5 Å². The number of benzene rings is 1. The highest BCUT2D eigenvalue weighted by Crippen LogP contribution is 2.40. The Morgan fingerprint density at radius 3 is 2.13 bits per heavy atom. The van der Waals surface area contributed by atoms with Crippen molar-refractivity contribution in [1.82, 2.24) is 10.2 Å². The Balaban J connectivity index is 1.70. The van der Waals surface area contributed by atoms with Crippen LogP contribution in [-0.4, -0.2) is 184 Å². The summed E-state index contributed by atoms with van der Waals surface area (Å²) in [5.41, 5.74) is -0.873. The second-order valence-electron chi connectivity index (χ2n) is 23.5. The molecule has 1 aromatic rings. The Morgan fingerprint density at radius 1 is 0.823 bits per heavy atom. The Labute approximate surface area is 468 Å². The molecule has 450 valence electrons. The predicted octanol–water partition coefficient (Wildman–Crippen LogP) is 6.21. The third-order valence-corrected chi connectivity index (χ3v) is 16.2. The van der Waals surface area contributed by atoms with Gasteiger partial charge in [-0.15, -0.1) is 0 Å². The molecule has 1 unspecified atom stereocenters. The fraction of sp³-hybridized carbons (Fsp3) is 0.810. The van der Waals surface area contributed by atoms with Gasteiger partial charge in [0.05, 0.1) is 54.7 Å². The number of likely N-dealkylation sites (N-methyl/N-ethyl adjacent to an activating group) is 1. The average molecular weight is 1120 g/mol. The minimum absolute atomic E-state index is 0.00973. The number of rotatable bonds is 17. The van der Waals surface area contributed by atoms with E-state index in [1.807, 2.05) is 78.9 Å². The Kier molecular flexibility index (Phi) is 25.0. The maximum Gasteiger partial charge on any atom is 0.408 e. The number of hydrogen-bond acceptors (Lipinski definition) is 20. The summed E-state index contributed by atoms with van der Waals surface area (Å²) < 4.78 is 70.4. The zero-order valence-electron chi connectivity index (χ0n) is 49.9. The zero-order chi connectivity index (χ0) is 58.6. The molecule has 1 aromatic carbocycles. The Morgan fingerprint density at radius 2 is 1.49 bits per heavy atom. The number of ether oxygens (including phenoxy) is 11. The van der Waals surface area contributed by atoms with Gasteiger partial charge in [-0.3, -0.25) is 14.4 Å². The normalized spacial score (nSPS) is 39.5. The molecule has 3 N–H and O–H groups in total. The van der Waals surface area contributed by atoms with Crippen molar-refractivity contribution in [3.8, 4) is 0 Å². The highest BCUT2D eigenvalue weighted by Gasteiger charge is 2.53. The van der Waals surface area contributed by atoms with Gasteiger partial charge in [0.25, 0.3) is 0 Å². The first-order valence-corrected chi connectivity index (χ1v) is 28.3. The number of cyclic esters (lactones) is 1. The molecule has 0 radical (unpaired) electrons. The van der Waals surface area contributed by atoms with Gasteiger partial charge in [0, 0.05) is 70.4 Å². The van der Waals surface area contributed by atoms with Gasteiger partial charge >= 0.3 is 18.0 Å². The van der Waals surface area contributed by atoms with Crippen LogP contribution in [0.5, 0.6) is 0 Å². The molecule has 0 aromatic heterocycles. The molecule has 22 atom stereocenters. The Bertz CT molecular complexity index is 2120. The van der Waals surface area contributed by atoms with Gasteiger partial charge in [-0.2, -0.15) is 0 Å². The molecular formula is C58H95N3O18. The first kappa shape index (κ1) is 65.9. The number of aliphatic hydroxyl groups excluding tert-OH is 2. The van der Waals surface area contributed by atoms with Gasteiger partial charge < -0.3 is 77.4 Å². The second kappa shape index (κ2) is 29.9. The number of hydrogen-bond donors (Lipinski definition) is 3. The summed E-state index contributed by atoms with van der Waals surface area (Å²) in [6, 6.07) is 9.25. The fourth-order valence-electron chi connectivity index (χ4n) is 11.8. The topological polar surface area (TPSA) is 247 Å². The van der Waals surface area contributed by atoms with E-state index in [2.05, 4.69) is 22.3 Å². The molecule has 5 rings (SSSR count). The molecule has 79 heavy (non-hydrogen) atoms. The highest BCUT2D eigenvalue weighted by atomic mass is 16.7. The summed E-state index contributed by atoms with van der Waals surface area (Å²) in [7, 11) is 6.31. The van der Waals surface area contributed by atoms with Crippen molar-refractivity contribution in [3.05, 3.63) is 35.9 Å². The van der Waals surface area contributed by atoms with Crippen LogP contribution in [0.4, 0.5) is 4.79 Å². The standard InChI is InChI=1S/C58H95N3O18/c1-30(2)23-43(62)75-49-37(9)48(32(4)29-71-56-52(69-16)51(68-15)45(63)40(12)74-56)77-54(66)39(11)50(76-44-24-33(5)61(14)28-35(7)72-44)36(8)47(78-55-46(64)42(60-70-17)25-34(6)73-55)31(3)26-58(13,53(65)38(49)10)79-57(67)59-27-41-21-19-18-20-22-41/h18-22,30-40,44-52,55-56,63-64H,23-29H2,1-17H3,(H,59,67)/b60-42+/t31-,32?,33+,34+,35-,36+,37-,38+,39+,40+,44-,45+,46+,47-,48+,49+,50-,51+,52+,55-,56+,58-/m0/s1. The van der Waals surface area contributed by atoms with Gasteiger partial charge in [0.1, 0.15) is 43.7 Å². The van der Waals surface area contributed by atoms with Crippen LogP contribution < -0.4 is 5.32 Å². The van der Waals surface area contributed by atoms with Crippen LogP contribution in [-0.2, 0) is 77.9 Å².